The van der Waals surface area contributed by atoms with Crippen LogP contribution in [-0.4, -0.2) is 12.1 Å². The van der Waals surface area contributed by atoms with Crippen molar-refractivity contribution in [1.29, 1.82) is 0 Å². The van der Waals surface area contributed by atoms with Gasteiger partial charge >= 0.3 is 0 Å². The number of rotatable bonds is 4. The van der Waals surface area contributed by atoms with Gasteiger partial charge in [0.1, 0.15) is 5.75 Å². The highest BCUT2D eigenvalue weighted by Gasteiger charge is 2.09. The monoisotopic (exact) mass is 290 g/mol. The van der Waals surface area contributed by atoms with Crippen LogP contribution in [0.3, 0.4) is 0 Å². The zero-order valence-corrected chi connectivity index (χ0v) is 13.0. The number of ether oxygens (including phenoxy) is 1. The molecule has 0 atom stereocenters. The maximum atomic E-state index is 6.02. The molecule has 0 saturated heterocycles. The zero-order chi connectivity index (χ0) is 14.7. The summed E-state index contributed by atoms with van der Waals surface area (Å²) >= 11 is 6.02. The number of aromatic nitrogens is 1. The van der Waals surface area contributed by atoms with E-state index in [4.69, 9.17) is 16.3 Å². The van der Waals surface area contributed by atoms with Crippen molar-refractivity contribution in [1.82, 2.24) is 4.98 Å². The second-order valence-electron chi connectivity index (χ2n) is 4.86. The van der Waals surface area contributed by atoms with Gasteiger partial charge < -0.3 is 10.1 Å². The van der Waals surface area contributed by atoms with Crippen molar-refractivity contribution < 1.29 is 4.74 Å². The van der Waals surface area contributed by atoms with Crippen molar-refractivity contribution in [3.63, 3.8) is 0 Å². The van der Waals surface area contributed by atoms with E-state index >= 15 is 0 Å². The van der Waals surface area contributed by atoms with Crippen LogP contribution in [0.15, 0.2) is 24.4 Å². The molecule has 0 aliphatic rings. The van der Waals surface area contributed by atoms with Crippen molar-refractivity contribution >= 4 is 17.3 Å². The number of halogens is 1. The summed E-state index contributed by atoms with van der Waals surface area (Å²) in [6, 6.07) is 5.82. The number of anilines is 1. The third-order valence-corrected chi connectivity index (χ3v) is 3.63. The topological polar surface area (TPSA) is 34.1 Å². The van der Waals surface area contributed by atoms with E-state index in [9.17, 15) is 0 Å². The van der Waals surface area contributed by atoms with Gasteiger partial charge in [0.2, 0.25) is 0 Å². The Morgan fingerprint density at radius 1 is 1.20 bits per heavy atom. The van der Waals surface area contributed by atoms with E-state index in [1.54, 1.807) is 7.11 Å². The molecule has 1 N–H and O–H groups in total. The number of benzene rings is 1. The Hall–Kier alpha value is -1.74. The van der Waals surface area contributed by atoms with Gasteiger partial charge in [-0.25, -0.2) is 0 Å². The molecule has 0 aliphatic heterocycles. The Balaban J connectivity index is 2.21. The van der Waals surface area contributed by atoms with Gasteiger partial charge in [-0.3, -0.25) is 4.98 Å². The lowest BCUT2D eigenvalue weighted by molar-refractivity contribution is 0.407. The van der Waals surface area contributed by atoms with Gasteiger partial charge in [0.05, 0.1) is 19.3 Å². The molecular formula is C16H19ClN2O. The van der Waals surface area contributed by atoms with Crippen LogP contribution in [0.25, 0.3) is 0 Å². The molecule has 0 unspecified atom stereocenters. The molecule has 2 aromatic rings. The van der Waals surface area contributed by atoms with Crippen molar-refractivity contribution in [2.45, 2.75) is 27.3 Å². The molecule has 0 radical (unpaired) electrons. The Labute approximate surface area is 124 Å². The minimum atomic E-state index is 0.643. The van der Waals surface area contributed by atoms with Crippen molar-refractivity contribution in [2.75, 3.05) is 12.4 Å². The normalized spacial score (nSPS) is 10.4. The third-order valence-electron chi connectivity index (χ3n) is 3.40. The molecule has 0 aliphatic carbocycles. The molecule has 0 spiro atoms. The molecule has 1 aromatic carbocycles. The maximum Gasteiger partial charge on any atom is 0.128 e. The van der Waals surface area contributed by atoms with Gasteiger partial charge in [0.25, 0.3) is 0 Å². The number of hydrogen-bond donors (Lipinski definition) is 1. The van der Waals surface area contributed by atoms with E-state index in [1.807, 2.05) is 38.2 Å². The van der Waals surface area contributed by atoms with Gasteiger partial charge in [-0.05, 0) is 38.5 Å². The highest BCUT2D eigenvalue weighted by atomic mass is 35.5. The maximum absolute atomic E-state index is 6.02. The van der Waals surface area contributed by atoms with Crippen LogP contribution in [0, 0.1) is 20.8 Å². The standard InChI is InChI=1S/C16H19ClN2O/c1-10-5-6-13(17)7-14(10)19-9-15-12(3)16(20-4)11(2)8-18-15/h5-8,19H,9H2,1-4H3. The third kappa shape index (κ3) is 3.05. The summed E-state index contributed by atoms with van der Waals surface area (Å²) in [5, 5.41) is 4.11. The van der Waals surface area contributed by atoms with E-state index in [1.165, 1.54) is 0 Å². The fourth-order valence-electron chi connectivity index (χ4n) is 2.21. The predicted octanol–water partition coefficient (Wildman–Crippen LogP) is 4.28. The van der Waals surface area contributed by atoms with Gasteiger partial charge in [-0.2, -0.15) is 0 Å². The molecule has 106 valence electrons. The van der Waals surface area contributed by atoms with Gasteiger partial charge in [-0.1, -0.05) is 17.7 Å². The first kappa shape index (κ1) is 14.7. The summed E-state index contributed by atoms with van der Waals surface area (Å²) in [4.78, 5) is 4.48. The summed E-state index contributed by atoms with van der Waals surface area (Å²) in [5.74, 6) is 0.902. The largest absolute Gasteiger partial charge is 0.496 e. The predicted molar refractivity (Wildman–Crippen MR) is 83.8 cm³/mol. The smallest absolute Gasteiger partial charge is 0.128 e. The van der Waals surface area contributed by atoms with E-state index in [0.717, 1.165) is 38.8 Å². The van der Waals surface area contributed by atoms with Gasteiger partial charge in [-0.15, -0.1) is 0 Å². The highest BCUT2D eigenvalue weighted by Crippen LogP contribution is 2.25. The van der Waals surface area contributed by atoms with Crippen LogP contribution < -0.4 is 10.1 Å². The molecule has 1 aromatic heterocycles. The van der Waals surface area contributed by atoms with Crippen molar-refractivity contribution in [3.8, 4) is 5.75 Å². The zero-order valence-electron chi connectivity index (χ0n) is 12.2. The number of aryl methyl sites for hydroxylation is 2. The van der Waals surface area contributed by atoms with Crippen molar-refractivity contribution in [2.24, 2.45) is 0 Å². The molecule has 0 amide bonds. The van der Waals surface area contributed by atoms with E-state index < -0.39 is 0 Å². The first-order chi connectivity index (χ1) is 9.52. The molecule has 0 saturated carbocycles. The average molecular weight is 291 g/mol. The van der Waals surface area contributed by atoms with Crippen molar-refractivity contribution in [3.05, 3.63) is 51.8 Å². The van der Waals surface area contributed by atoms with Crippen LogP contribution in [-0.2, 0) is 6.54 Å². The summed E-state index contributed by atoms with van der Waals surface area (Å²) in [5.41, 5.74) is 5.28. The Kier molecular flexibility index (Phi) is 4.50. The number of nitrogens with zero attached hydrogens (tertiary/aromatic N) is 1. The minimum absolute atomic E-state index is 0.643. The molecule has 4 heteroatoms. The van der Waals surface area contributed by atoms with Crippen LogP contribution in [0.4, 0.5) is 5.69 Å². The molecule has 0 bridgehead atoms. The first-order valence-corrected chi connectivity index (χ1v) is 6.89. The summed E-state index contributed by atoms with van der Waals surface area (Å²) < 4.78 is 5.42. The molecule has 20 heavy (non-hydrogen) atoms. The number of hydrogen-bond acceptors (Lipinski definition) is 3. The Morgan fingerprint density at radius 2 is 1.95 bits per heavy atom. The molecule has 1 heterocycles. The van der Waals surface area contributed by atoms with Crippen LogP contribution in [0.1, 0.15) is 22.4 Å². The Bertz CT molecular complexity index is 626. The highest BCUT2D eigenvalue weighted by molar-refractivity contribution is 6.30. The lowest BCUT2D eigenvalue weighted by Gasteiger charge is -2.14. The summed E-state index contributed by atoms with van der Waals surface area (Å²) in [6.07, 6.45) is 1.84. The quantitative estimate of drug-likeness (QED) is 0.912. The second-order valence-corrected chi connectivity index (χ2v) is 5.30. The number of pyridine rings is 1. The van der Waals surface area contributed by atoms with Gasteiger partial charge in [0.15, 0.2) is 0 Å². The average Bonchev–Trinajstić information content (AvgIpc) is 2.42. The lowest BCUT2D eigenvalue weighted by Crippen LogP contribution is -2.06. The molecule has 2 rings (SSSR count). The van der Waals surface area contributed by atoms with E-state index in [0.29, 0.717) is 6.54 Å². The fourth-order valence-corrected chi connectivity index (χ4v) is 2.39. The number of nitrogens with one attached hydrogen (secondary N) is 1. The summed E-state index contributed by atoms with van der Waals surface area (Å²) in [7, 11) is 1.69. The molecule has 3 nitrogen and oxygen atoms in total. The lowest BCUT2D eigenvalue weighted by atomic mass is 10.1. The SMILES string of the molecule is COc1c(C)cnc(CNc2cc(Cl)ccc2C)c1C. The van der Waals surface area contributed by atoms with Crippen LogP contribution >= 0.6 is 11.6 Å². The second kappa shape index (κ2) is 6.14. The van der Waals surface area contributed by atoms with Crippen LogP contribution in [0.2, 0.25) is 5.02 Å². The number of methoxy groups -OCH3 is 1. The Morgan fingerprint density at radius 3 is 2.65 bits per heavy atom. The van der Waals surface area contributed by atoms with E-state index in [-0.39, 0.29) is 0 Å². The van der Waals surface area contributed by atoms with Gasteiger partial charge in [0, 0.05) is 28.0 Å². The van der Waals surface area contributed by atoms with E-state index in [2.05, 4.69) is 17.2 Å². The first-order valence-electron chi connectivity index (χ1n) is 6.52. The molecular weight excluding hydrogens is 272 g/mol. The van der Waals surface area contributed by atoms with Crippen LogP contribution in [0.5, 0.6) is 5.75 Å². The molecule has 0 fully saturated rings. The minimum Gasteiger partial charge on any atom is -0.496 e. The summed E-state index contributed by atoms with van der Waals surface area (Å²) in [6.45, 7) is 6.72. The fraction of sp³-hybridized carbons (Fsp3) is 0.312.